The number of rotatable bonds is 5. The average molecular weight is 303 g/mol. The summed E-state index contributed by atoms with van der Waals surface area (Å²) in [7, 11) is 0. The largest absolute Gasteiger partial charge is 0.311 e. The normalized spacial score (nSPS) is 21.8. The second-order valence-electron chi connectivity index (χ2n) is 4.44. The lowest BCUT2D eigenvalue weighted by atomic mass is 10.2. The Labute approximate surface area is 110 Å². The van der Waals surface area contributed by atoms with Gasteiger partial charge in [-0.1, -0.05) is 0 Å². The summed E-state index contributed by atoms with van der Waals surface area (Å²) in [6, 6.07) is 2.98. The first-order valence-corrected chi connectivity index (χ1v) is 7.60. The van der Waals surface area contributed by atoms with Crippen molar-refractivity contribution in [2.75, 3.05) is 19.6 Å². The van der Waals surface area contributed by atoms with Gasteiger partial charge in [-0.25, -0.2) is 0 Å². The highest BCUT2D eigenvalue weighted by Crippen LogP contribution is 2.19. The minimum atomic E-state index is 0.790. The van der Waals surface area contributed by atoms with Crippen molar-refractivity contribution in [1.29, 1.82) is 0 Å². The molecule has 0 radical (unpaired) electrons. The number of nitrogens with one attached hydrogen (secondary N) is 1. The van der Waals surface area contributed by atoms with Crippen LogP contribution in [0.4, 0.5) is 0 Å². The first-order chi connectivity index (χ1) is 7.75. The Kier molecular flexibility index (Phi) is 4.82. The molecule has 0 aliphatic carbocycles. The summed E-state index contributed by atoms with van der Waals surface area (Å²) in [6.45, 7) is 6.91. The van der Waals surface area contributed by atoms with E-state index in [1.165, 1.54) is 35.3 Å². The van der Waals surface area contributed by atoms with Crippen molar-refractivity contribution in [3.05, 3.63) is 20.8 Å². The van der Waals surface area contributed by atoms with Crippen molar-refractivity contribution < 1.29 is 0 Å². The molecule has 1 unspecified atom stereocenters. The molecule has 1 N–H and O–H groups in total. The fourth-order valence-electron chi connectivity index (χ4n) is 2.21. The van der Waals surface area contributed by atoms with Gasteiger partial charge in [0.2, 0.25) is 0 Å². The Morgan fingerprint density at radius 1 is 1.62 bits per heavy atom. The SMILES string of the molecule is CC1CCCN1CCNCc1cc(Br)cs1. The first-order valence-electron chi connectivity index (χ1n) is 5.93. The highest BCUT2D eigenvalue weighted by molar-refractivity contribution is 9.10. The molecule has 1 saturated heterocycles. The van der Waals surface area contributed by atoms with E-state index in [4.69, 9.17) is 0 Å². The molecule has 1 aliphatic rings. The molecule has 0 aromatic carbocycles. The number of nitrogens with zero attached hydrogens (tertiary/aromatic N) is 1. The van der Waals surface area contributed by atoms with E-state index in [1.807, 2.05) is 11.3 Å². The van der Waals surface area contributed by atoms with Gasteiger partial charge >= 0.3 is 0 Å². The van der Waals surface area contributed by atoms with Gasteiger partial charge in [0.15, 0.2) is 0 Å². The first kappa shape index (κ1) is 12.6. The van der Waals surface area contributed by atoms with E-state index in [2.05, 4.69) is 44.5 Å². The van der Waals surface area contributed by atoms with E-state index >= 15 is 0 Å². The molecule has 1 fully saturated rings. The zero-order chi connectivity index (χ0) is 11.4. The number of hydrogen-bond acceptors (Lipinski definition) is 3. The third-order valence-corrected chi connectivity index (χ3v) is 4.88. The van der Waals surface area contributed by atoms with E-state index in [1.54, 1.807) is 0 Å². The van der Waals surface area contributed by atoms with E-state index in [-0.39, 0.29) is 0 Å². The average Bonchev–Trinajstić information content (AvgIpc) is 2.83. The van der Waals surface area contributed by atoms with Crippen LogP contribution in [-0.2, 0) is 6.54 Å². The van der Waals surface area contributed by atoms with Gasteiger partial charge in [0.1, 0.15) is 0 Å². The smallest absolute Gasteiger partial charge is 0.0300 e. The molecule has 1 aliphatic heterocycles. The molecular formula is C12H19BrN2S. The van der Waals surface area contributed by atoms with E-state index in [9.17, 15) is 0 Å². The van der Waals surface area contributed by atoms with Crippen LogP contribution in [0.3, 0.4) is 0 Å². The van der Waals surface area contributed by atoms with Crippen molar-refractivity contribution in [3.63, 3.8) is 0 Å². The third kappa shape index (κ3) is 3.55. The maximum atomic E-state index is 3.51. The third-order valence-electron chi connectivity index (χ3n) is 3.19. The summed E-state index contributed by atoms with van der Waals surface area (Å²) in [5, 5.41) is 5.65. The van der Waals surface area contributed by atoms with Gasteiger partial charge in [-0.05, 0) is 48.3 Å². The Balaban J connectivity index is 1.61. The Hall–Kier alpha value is 0.1000. The van der Waals surface area contributed by atoms with E-state index in [0.717, 1.165) is 19.1 Å². The second kappa shape index (κ2) is 6.15. The summed E-state index contributed by atoms with van der Waals surface area (Å²) < 4.78 is 1.20. The monoisotopic (exact) mass is 302 g/mol. The van der Waals surface area contributed by atoms with Gasteiger partial charge in [0.25, 0.3) is 0 Å². The van der Waals surface area contributed by atoms with Crippen molar-refractivity contribution in [2.24, 2.45) is 0 Å². The fourth-order valence-corrected chi connectivity index (χ4v) is 3.63. The topological polar surface area (TPSA) is 15.3 Å². The molecule has 1 atom stereocenters. The van der Waals surface area contributed by atoms with Crippen LogP contribution in [0.5, 0.6) is 0 Å². The minimum Gasteiger partial charge on any atom is -0.311 e. The number of halogens is 1. The van der Waals surface area contributed by atoms with Crippen LogP contribution in [0, 0.1) is 0 Å². The van der Waals surface area contributed by atoms with Gasteiger partial charge < -0.3 is 5.32 Å². The summed E-state index contributed by atoms with van der Waals surface area (Å²) >= 11 is 5.29. The molecule has 1 aromatic heterocycles. The standard InChI is InChI=1S/C12H19BrN2S/c1-10-3-2-5-15(10)6-4-14-8-12-7-11(13)9-16-12/h7,9-10,14H,2-6,8H2,1H3. The van der Waals surface area contributed by atoms with Crippen LogP contribution < -0.4 is 5.32 Å². The van der Waals surface area contributed by atoms with Gasteiger partial charge in [-0.15, -0.1) is 11.3 Å². The predicted molar refractivity (Wildman–Crippen MR) is 74.0 cm³/mol. The highest BCUT2D eigenvalue weighted by Gasteiger charge is 2.18. The molecule has 90 valence electrons. The summed E-state index contributed by atoms with van der Waals surface area (Å²) in [6.07, 6.45) is 2.75. The van der Waals surface area contributed by atoms with E-state index < -0.39 is 0 Å². The number of likely N-dealkylation sites (tertiary alicyclic amines) is 1. The molecule has 0 bridgehead atoms. The van der Waals surface area contributed by atoms with Crippen LogP contribution in [0.1, 0.15) is 24.6 Å². The lowest BCUT2D eigenvalue weighted by Crippen LogP contribution is -2.33. The van der Waals surface area contributed by atoms with Gasteiger partial charge in [0.05, 0.1) is 0 Å². The fraction of sp³-hybridized carbons (Fsp3) is 0.667. The Bertz CT molecular complexity index is 327. The van der Waals surface area contributed by atoms with Crippen molar-refractivity contribution >= 4 is 27.3 Å². The molecule has 0 amide bonds. The molecule has 16 heavy (non-hydrogen) atoms. The zero-order valence-corrected chi connectivity index (χ0v) is 12.1. The molecule has 0 saturated carbocycles. The second-order valence-corrected chi connectivity index (χ2v) is 6.35. The molecule has 2 rings (SSSR count). The van der Waals surface area contributed by atoms with Gasteiger partial charge in [0, 0.05) is 40.4 Å². The van der Waals surface area contributed by atoms with Crippen LogP contribution in [0.2, 0.25) is 0 Å². The maximum absolute atomic E-state index is 3.51. The highest BCUT2D eigenvalue weighted by atomic mass is 79.9. The molecule has 1 aromatic rings. The quantitative estimate of drug-likeness (QED) is 0.841. The lowest BCUT2D eigenvalue weighted by Gasteiger charge is -2.20. The molecule has 2 nitrogen and oxygen atoms in total. The summed E-state index contributed by atoms with van der Waals surface area (Å²) in [5.74, 6) is 0. The molecule has 4 heteroatoms. The van der Waals surface area contributed by atoms with E-state index in [0.29, 0.717) is 0 Å². The molecule has 2 heterocycles. The lowest BCUT2D eigenvalue weighted by molar-refractivity contribution is 0.268. The summed E-state index contributed by atoms with van der Waals surface area (Å²) in [4.78, 5) is 3.98. The van der Waals surface area contributed by atoms with Crippen LogP contribution >= 0.6 is 27.3 Å². The van der Waals surface area contributed by atoms with Crippen molar-refractivity contribution in [1.82, 2.24) is 10.2 Å². The van der Waals surface area contributed by atoms with Crippen molar-refractivity contribution in [3.8, 4) is 0 Å². The van der Waals surface area contributed by atoms with Gasteiger partial charge in [-0.3, -0.25) is 4.90 Å². The van der Waals surface area contributed by atoms with Crippen molar-refractivity contribution in [2.45, 2.75) is 32.4 Å². The predicted octanol–water partition coefficient (Wildman–Crippen LogP) is 3.08. The van der Waals surface area contributed by atoms with Crippen LogP contribution in [-0.4, -0.2) is 30.6 Å². The van der Waals surface area contributed by atoms with Crippen LogP contribution in [0.15, 0.2) is 15.9 Å². The Morgan fingerprint density at radius 3 is 3.12 bits per heavy atom. The Morgan fingerprint density at radius 2 is 2.50 bits per heavy atom. The summed E-state index contributed by atoms with van der Waals surface area (Å²) in [5.41, 5.74) is 0. The maximum Gasteiger partial charge on any atom is 0.0300 e. The zero-order valence-electron chi connectivity index (χ0n) is 9.71. The molecular weight excluding hydrogens is 284 g/mol. The number of thiophene rings is 1. The van der Waals surface area contributed by atoms with Crippen LogP contribution in [0.25, 0.3) is 0 Å². The number of hydrogen-bond donors (Lipinski definition) is 1. The molecule has 0 spiro atoms. The minimum absolute atomic E-state index is 0.790. The van der Waals surface area contributed by atoms with Gasteiger partial charge in [-0.2, -0.15) is 0 Å².